The average molecular weight is 588 g/mol. The summed E-state index contributed by atoms with van der Waals surface area (Å²) < 4.78 is 0. The van der Waals surface area contributed by atoms with E-state index >= 15 is 0 Å². The van der Waals surface area contributed by atoms with Crippen molar-refractivity contribution < 1.29 is 51.6 Å². The van der Waals surface area contributed by atoms with Crippen LogP contribution in [0.1, 0.15) is 0 Å². The fourth-order valence-electron chi connectivity index (χ4n) is 0. The molecule has 0 fully saturated rings. The Balaban J connectivity index is -0.0000000245. The van der Waals surface area contributed by atoms with Gasteiger partial charge >= 0.3 is 0 Å². The Kier molecular flexibility index (Phi) is 81.6. The van der Waals surface area contributed by atoms with Crippen LogP contribution in [0.4, 0.5) is 0 Å². The third kappa shape index (κ3) is 484. The molecule has 0 heterocycles. The van der Waals surface area contributed by atoms with E-state index in [4.69, 9.17) is 91.9 Å². The quantitative estimate of drug-likeness (QED) is 0.156. The second kappa shape index (κ2) is 42.9. The summed E-state index contributed by atoms with van der Waals surface area (Å²) in [7, 11) is 0. The van der Waals surface area contributed by atoms with Gasteiger partial charge in [0.25, 0.3) is 0 Å². The van der Waals surface area contributed by atoms with Crippen LogP contribution in [0.25, 0.3) is 0 Å². The molecule has 0 N–H and O–H groups in total. The maximum atomic E-state index is 8.25. The van der Waals surface area contributed by atoms with E-state index in [0.29, 0.717) is 0 Å². The van der Waals surface area contributed by atoms with Gasteiger partial charge in [0, 0.05) is 21.1 Å². The number of rotatable bonds is 0. The van der Waals surface area contributed by atoms with E-state index in [1.54, 1.807) is 0 Å². The zero-order valence-corrected chi connectivity index (χ0v) is 13.4. The van der Waals surface area contributed by atoms with Crippen LogP contribution in [0.5, 0.6) is 0 Å². The van der Waals surface area contributed by atoms with Gasteiger partial charge in [0.05, 0.1) is 30.5 Å². The first kappa shape index (κ1) is 49.5. The fraction of sp³-hybridized carbons (Fsp3) is 0. The fourth-order valence-corrected chi connectivity index (χ4v) is 0. The molecule has 0 aromatic rings. The topological polar surface area (TPSA) is 397 Å². The van der Waals surface area contributed by atoms with Crippen molar-refractivity contribution >= 4 is 11.0 Å². The molecule has 0 aliphatic carbocycles. The van der Waals surface area contributed by atoms with Gasteiger partial charge in [-0.25, -0.2) is 0 Å². The molecule has 0 saturated carbocycles. The van der Waals surface area contributed by atoms with Crippen molar-refractivity contribution in [1.29, 1.82) is 0 Å². The molecule has 26 heteroatoms. The van der Waals surface area contributed by atoms with Crippen molar-refractivity contribution in [3.8, 4) is 0 Å². The monoisotopic (exact) mass is 588 g/mol. The van der Waals surface area contributed by atoms with E-state index in [9.17, 15) is 0 Å². The molecule has 0 aliphatic heterocycles. The molecule has 0 amide bonds. The molecule has 0 rings (SSSR count). The Morgan fingerprint density at radius 2 is 0.308 bits per heavy atom. The zero-order valence-electron chi connectivity index (χ0n) is 10.4. The Morgan fingerprint density at radius 3 is 0.308 bits per heavy atom. The van der Waals surface area contributed by atoms with Crippen LogP contribution in [0.3, 0.4) is 0 Å². The van der Waals surface area contributed by atoms with E-state index in [1.165, 1.54) is 0 Å². The van der Waals surface area contributed by atoms with Crippen molar-refractivity contribution in [3.63, 3.8) is 0 Å². The molecule has 24 nitrogen and oxygen atoms in total. The maximum absolute atomic E-state index is 8.25. The van der Waals surface area contributed by atoms with Gasteiger partial charge in [0.2, 0.25) is 0 Å². The average Bonchev–Trinajstić information content (AvgIpc) is 2.08. The van der Waals surface area contributed by atoms with Crippen LogP contribution in [0.2, 0.25) is 0 Å². The first-order valence-corrected chi connectivity index (χ1v) is 3.29. The molecule has 0 unspecified atom stereocenters. The first-order chi connectivity index (χ1) is 10.4. The maximum Gasteiger partial charge on any atom is 0.0689 e. The minimum absolute atomic E-state index is 0. The molecule has 26 heavy (non-hydrogen) atoms. The largest absolute Gasteiger partial charge is 0.356 e. The van der Waals surface area contributed by atoms with Gasteiger partial charge in [0.15, 0.2) is 0 Å². The molecule has 0 spiro atoms. The molecule has 0 aliphatic rings. The predicted molar refractivity (Wildman–Crippen MR) is 73.5 cm³/mol. The van der Waals surface area contributed by atoms with Crippen LogP contribution in [-0.4, -0.2) is 41.5 Å². The normalized spacial score (nSPS) is 5.54. The van der Waals surface area contributed by atoms with Crippen LogP contribution in [0.15, 0.2) is 0 Å². The van der Waals surface area contributed by atoms with E-state index < -0.39 is 30.5 Å². The summed E-state index contributed by atoms with van der Waals surface area (Å²) in [5.41, 5.74) is 0. The molecule has 0 radical (unpaired) electrons. The van der Waals surface area contributed by atoms with Crippen molar-refractivity contribution in [2.24, 2.45) is 0 Å². The number of hydrogen-bond donors (Lipinski definition) is 0. The van der Waals surface area contributed by atoms with Gasteiger partial charge in [-0.1, -0.05) is 0 Å². The van der Waals surface area contributed by atoms with Crippen molar-refractivity contribution in [2.45, 2.75) is 0 Å². The second-order valence-electron chi connectivity index (χ2n) is 1.34. The van der Waals surface area contributed by atoms with Gasteiger partial charge in [0.1, 0.15) is 0 Å². The van der Waals surface area contributed by atoms with Crippen molar-refractivity contribution in [3.05, 3.63) is 91.9 Å². The molecule has 0 bridgehead atoms. The molecule has 0 aromatic heterocycles. The molecular weight excluding hydrogens is 584 g/mol. The zero-order chi connectivity index (χ0) is 21.5. The standard InChI is InChI=1S/6NO3.H4Si.W/c6*2-1(3)4;;/h;;;;;;1H4;/q6*-1;;. The number of nitrogens with zero attached hydrogens (tertiary/aromatic N) is 6. The predicted octanol–water partition coefficient (Wildman–Crippen LogP) is -2.89. The van der Waals surface area contributed by atoms with Crippen molar-refractivity contribution in [1.82, 2.24) is 0 Å². The summed E-state index contributed by atoms with van der Waals surface area (Å²) in [6.45, 7) is 0. The second-order valence-corrected chi connectivity index (χ2v) is 1.34. The van der Waals surface area contributed by atoms with Gasteiger partial charge in [-0.05, 0) is 11.0 Å². The summed E-state index contributed by atoms with van der Waals surface area (Å²) >= 11 is 0. The van der Waals surface area contributed by atoms with Gasteiger partial charge < -0.3 is 91.9 Å². The first-order valence-electron chi connectivity index (χ1n) is 3.29. The minimum Gasteiger partial charge on any atom is -0.356 e. The third-order valence-electron chi connectivity index (χ3n) is 0. The van der Waals surface area contributed by atoms with E-state index in [1.807, 2.05) is 0 Å². The van der Waals surface area contributed by atoms with Gasteiger partial charge in [-0.3, -0.25) is 0 Å². The smallest absolute Gasteiger partial charge is 0.0689 e. The van der Waals surface area contributed by atoms with Crippen LogP contribution in [-0.2, 0) is 21.1 Å². The summed E-state index contributed by atoms with van der Waals surface area (Å²) in [5.74, 6) is 0. The van der Waals surface area contributed by atoms with Crippen LogP contribution < -0.4 is 0 Å². The Labute approximate surface area is 155 Å². The molecule has 0 atom stereocenters. The number of hydrogen-bond acceptors (Lipinski definition) is 18. The van der Waals surface area contributed by atoms with E-state index in [-0.39, 0.29) is 32.0 Å². The summed E-state index contributed by atoms with van der Waals surface area (Å²) in [5, 5.41) is 88.5. The minimum atomic E-state index is -1.75. The van der Waals surface area contributed by atoms with E-state index in [2.05, 4.69) is 0 Å². The third-order valence-corrected chi connectivity index (χ3v) is 0. The van der Waals surface area contributed by atoms with Crippen LogP contribution in [0, 0.1) is 91.9 Å². The van der Waals surface area contributed by atoms with Gasteiger partial charge in [-0.15, -0.1) is 0 Å². The summed E-state index contributed by atoms with van der Waals surface area (Å²) in [6, 6.07) is 0. The molecule has 0 aromatic carbocycles. The Morgan fingerprint density at radius 1 is 0.308 bits per heavy atom. The SMILES string of the molecule is O=[N+]([O-])[O-].O=[N+]([O-])[O-].O=[N+]([O-])[O-].O=[N+]([O-])[O-].O=[N+]([O-])[O-].O=[N+]([O-])[O-].[SiH4].[W]. The molecule has 158 valence electrons. The van der Waals surface area contributed by atoms with Crippen LogP contribution >= 0.6 is 0 Å². The molecular formula is H4N6O18SiW-6. The Hall–Kier alpha value is -3.89. The molecule has 0 saturated heterocycles. The van der Waals surface area contributed by atoms with Crippen molar-refractivity contribution in [2.75, 3.05) is 0 Å². The summed E-state index contributed by atoms with van der Waals surface area (Å²) in [6.07, 6.45) is 0. The van der Waals surface area contributed by atoms with Gasteiger partial charge in [-0.2, -0.15) is 0 Å². The Bertz CT molecular complexity index is 263. The van der Waals surface area contributed by atoms with E-state index in [0.717, 1.165) is 0 Å². The summed E-state index contributed by atoms with van der Waals surface area (Å²) in [4.78, 5) is 49.5.